The molecular formula is C15H21ClO2. The van der Waals surface area contributed by atoms with Crippen LogP contribution in [0.2, 0.25) is 0 Å². The van der Waals surface area contributed by atoms with Crippen molar-refractivity contribution in [3.63, 3.8) is 0 Å². The van der Waals surface area contributed by atoms with Crippen molar-refractivity contribution in [2.75, 3.05) is 6.61 Å². The number of hydrogen-bond acceptors (Lipinski definition) is 2. The fourth-order valence-corrected chi connectivity index (χ4v) is 2.04. The Morgan fingerprint density at radius 1 is 1.28 bits per heavy atom. The highest BCUT2D eigenvalue weighted by molar-refractivity contribution is 6.31. The molecule has 0 fully saturated rings. The van der Waals surface area contributed by atoms with Crippen LogP contribution in [0.5, 0.6) is 5.75 Å². The van der Waals surface area contributed by atoms with Crippen LogP contribution in [-0.4, -0.2) is 12.4 Å². The van der Waals surface area contributed by atoms with Crippen LogP contribution in [0.3, 0.4) is 0 Å². The summed E-state index contributed by atoms with van der Waals surface area (Å²) in [5.74, 6) is 0.761. The molecule has 0 N–H and O–H groups in total. The fraction of sp³-hybridized carbons (Fsp3) is 0.533. The third-order valence-electron chi connectivity index (χ3n) is 2.83. The topological polar surface area (TPSA) is 26.3 Å². The molecule has 0 amide bonds. The summed E-state index contributed by atoms with van der Waals surface area (Å²) in [5, 5.41) is -0.600. The molecule has 0 saturated heterocycles. The minimum Gasteiger partial charge on any atom is -0.493 e. The van der Waals surface area contributed by atoms with Gasteiger partial charge in [-0.05, 0) is 12.5 Å². The second-order valence-corrected chi connectivity index (χ2v) is 4.71. The summed E-state index contributed by atoms with van der Waals surface area (Å²) in [6.07, 6.45) is 3.79. The Labute approximate surface area is 114 Å². The van der Waals surface area contributed by atoms with Crippen molar-refractivity contribution in [3.8, 4) is 5.75 Å². The predicted octanol–water partition coefficient (Wildman–Crippen LogP) is 4.51. The van der Waals surface area contributed by atoms with E-state index < -0.39 is 5.38 Å². The van der Waals surface area contributed by atoms with Crippen LogP contribution in [0.4, 0.5) is 0 Å². The van der Waals surface area contributed by atoms with Gasteiger partial charge in [0.05, 0.1) is 6.61 Å². The van der Waals surface area contributed by atoms with Gasteiger partial charge in [0, 0.05) is 12.0 Å². The van der Waals surface area contributed by atoms with Crippen LogP contribution in [0, 0.1) is 0 Å². The highest BCUT2D eigenvalue weighted by Gasteiger charge is 2.19. The van der Waals surface area contributed by atoms with Crippen LogP contribution in [0.1, 0.15) is 50.5 Å². The van der Waals surface area contributed by atoms with E-state index in [0.717, 1.165) is 30.6 Å². The Hall–Kier alpha value is -1.02. The molecule has 0 aliphatic heterocycles. The van der Waals surface area contributed by atoms with Gasteiger partial charge in [0.15, 0.2) is 5.78 Å². The molecule has 1 aromatic rings. The Morgan fingerprint density at radius 3 is 2.67 bits per heavy atom. The first-order valence-corrected chi connectivity index (χ1v) is 7.02. The van der Waals surface area contributed by atoms with Gasteiger partial charge in [-0.15, -0.1) is 11.6 Å². The number of alkyl halides is 1. The summed E-state index contributed by atoms with van der Waals surface area (Å²) >= 11 is 6.17. The third kappa shape index (κ3) is 4.34. The van der Waals surface area contributed by atoms with E-state index in [2.05, 4.69) is 6.92 Å². The summed E-state index contributed by atoms with van der Waals surface area (Å²) in [6.45, 7) is 4.65. The molecule has 0 aromatic heterocycles. The summed E-state index contributed by atoms with van der Waals surface area (Å²) in [6, 6.07) is 7.52. The molecule has 2 nitrogen and oxygen atoms in total. The summed E-state index contributed by atoms with van der Waals surface area (Å²) in [7, 11) is 0. The molecule has 18 heavy (non-hydrogen) atoms. The van der Waals surface area contributed by atoms with Crippen LogP contribution < -0.4 is 4.74 Å². The number of rotatable bonds is 8. The highest BCUT2D eigenvalue weighted by atomic mass is 35.5. The number of hydrogen-bond donors (Lipinski definition) is 0. The van der Waals surface area contributed by atoms with Crippen LogP contribution in [0.15, 0.2) is 24.3 Å². The highest BCUT2D eigenvalue weighted by Crippen LogP contribution is 2.31. The molecular weight excluding hydrogens is 248 g/mol. The van der Waals surface area contributed by atoms with E-state index in [0.29, 0.717) is 13.0 Å². The van der Waals surface area contributed by atoms with Gasteiger partial charge in [-0.1, -0.05) is 44.9 Å². The second kappa shape index (κ2) is 8.15. The summed E-state index contributed by atoms with van der Waals surface area (Å²) in [4.78, 5) is 11.7. The van der Waals surface area contributed by atoms with Gasteiger partial charge in [0.2, 0.25) is 0 Å². The maximum Gasteiger partial charge on any atom is 0.155 e. The molecule has 0 heterocycles. The number of ketones is 1. The van der Waals surface area contributed by atoms with Crippen molar-refractivity contribution in [2.45, 2.75) is 44.9 Å². The Kier molecular flexibility index (Phi) is 6.81. The lowest BCUT2D eigenvalue weighted by Crippen LogP contribution is -2.08. The zero-order valence-corrected chi connectivity index (χ0v) is 11.9. The number of para-hydroxylation sites is 1. The second-order valence-electron chi connectivity index (χ2n) is 4.28. The van der Waals surface area contributed by atoms with E-state index in [1.807, 2.05) is 31.2 Å². The smallest absolute Gasteiger partial charge is 0.155 e. The summed E-state index contributed by atoms with van der Waals surface area (Å²) < 4.78 is 5.72. The molecule has 1 atom stereocenters. The minimum absolute atomic E-state index is 0.0290. The predicted molar refractivity (Wildman–Crippen MR) is 75.4 cm³/mol. The van der Waals surface area contributed by atoms with Crippen LogP contribution in [0.25, 0.3) is 0 Å². The van der Waals surface area contributed by atoms with E-state index >= 15 is 0 Å². The maximum absolute atomic E-state index is 11.7. The average molecular weight is 269 g/mol. The normalized spacial score (nSPS) is 12.2. The van der Waals surface area contributed by atoms with Crippen molar-refractivity contribution < 1.29 is 9.53 Å². The van der Waals surface area contributed by atoms with Crippen molar-refractivity contribution in [1.82, 2.24) is 0 Å². The molecule has 0 saturated carbocycles. The van der Waals surface area contributed by atoms with E-state index in [9.17, 15) is 4.79 Å². The zero-order chi connectivity index (χ0) is 13.4. The molecule has 0 aliphatic rings. The zero-order valence-electron chi connectivity index (χ0n) is 11.1. The van der Waals surface area contributed by atoms with E-state index in [1.165, 1.54) is 0 Å². The Morgan fingerprint density at radius 2 is 2.00 bits per heavy atom. The Balaban J connectivity index is 2.70. The lowest BCUT2D eigenvalue weighted by molar-refractivity contribution is -0.118. The van der Waals surface area contributed by atoms with E-state index in [1.54, 1.807) is 0 Å². The fourth-order valence-electron chi connectivity index (χ4n) is 1.71. The molecule has 1 rings (SSSR count). The number of carbonyl (C=O) groups is 1. The first kappa shape index (κ1) is 15.0. The van der Waals surface area contributed by atoms with Crippen LogP contribution in [-0.2, 0) is 4.79 Å². The van der Waals surface area contributed by atoms with Crippen molar-refractivity contribution >= 4 is 17.4 Å². The average Bonchev–Trinajstić information content (AvgIpc) is 2.42. The quantitative estimate of drug-likeness (QED) is 0.512. The van der Waals surface area contributed by atoms with Gasteiger partial charge in [-0.2, -0.15) is 0 Å². The number of carbonyl (C=O) groups excluding carboxylic acids is 1. The molecule has 1 aromatic carbocycles. The first-order chi connectivity index (χ1) is 8.70. The van der Waals surface area contributed by atoms with Crippen molar-refractivity contribution in [2.24, 2.45) is 0 Å². The van der Waals surface area contributed by atoms with E-state index in [-0.39, 0.29) is 5.78 Å². The Bertz CT molecular complexity index is 377. The lowest BCUT2D eigenvalue weighted by atomic mass is 10.1. The maximum atomic E-state index is 11.7. The molecule has 0 radical (unpaired) electrons. The monoisotopic (exact) mass is 268 g/mol. The number of unbranched alkanes of at least 4 members (excludes halogenated alkanes) is 2. The van der Waals surface area contributed by atoms with Crippen molar-refractivity contribution in [1.29, 1.82) is 0 Å². The standard InChI is InChI=1S/C15H21ClO2/c1-3-5-8-11-18-14-10-7-6-9-12(14)15(16)13(17)4-2/h6-7,9-10,15H,3-5,8,11H2,1-2H3. The minimum atomic E-state index is -0.600. The molecule has 0 bridgehead atoms. The van der Waals surface area contributed by atoms with Gasteiger partial charge < -0.3 is 4.74 Å². The van der Waals surface area contributed by atoms with Gasteiger partial charge in [0.1, 0.15) is 11.1 Å². The number of halogens is 1. The van der Waals surface area contributed by atoms with Crippen LogP contribution >= 0.6 is 11.6 Å². The van der Waals surface area contributed by atoms with Gasteiger partial charge in [-0.3, -0.25) is 4.79 Å². The number of ether oxygens (including phenoxy) is 1. The summed E-state index contributed by atoms with van der Waals surface area (Å²) in [5.41, 5.74) is 0.780. The van der Waals surface area contributed by atoms with Gasteiger partial charge in [0.25, 0.3) is 0 Å². The number of benzene rings is 1. The molecule has 0 spiro atoms. The van der Waals surface area contributed by atoms with E-state index in [4.69, 9.17) is 16.3 Å². The first-order valence-electron chi connectivity index (χ1n) is 6.59. The lowest BCUT2D eigenvalue weighted by Gasteiger charge is -2.14. The molecule has 100 valence electrons. The molecule has 3 heteroatoms. The van der Waals surface area contributed by atoms with Gasteiger partial charge in [-0.25, -0.2) is 0 Å². The van der Waals surface area contributed by atoms with Gasteiger partial charge >= 0.3 is 0 Å². The molecule has 0 aliphatic carbocycles. The number of Topliss-reactive ketones (excluding diaryl/α,β-unsaturated/α-hetero) is 1. The largest absolute Gasteiger partial charge is 0.493 e. The third-order valence-corrected chi connectivity index (χ3v) is 3.31. The molecule has 1 unspecified atom stereocenters. The SMILES string of the molecule is CCCCCOc1ccccc1C(Cl)C(=O)CC. The van der Waals surface area contributed by atoms with Crippen molar-refractivity contribution in [3.05, 3.63) is 29.8 Å².